The summed E-state index contributed by atoms with van der Waals surface area (Å²) in [4.78, 5) is 0. The number of tetrazole rings is 1. The average Bonchev–Trinajstić information content (AvgIpc) is 3.20. The fourth-order valence-electron chi connectivity index (χ4n) is 3.37. The molecule has 0 fully saturated rings. The van der Waals surface area contributed by atoms with E-state index in [1.165, 1.54) is 6.07 Å². The van der Waals surface area contributed by atoms with Crippen LogP contribution in [0.1, 0.15) is 35.0 Å². The molecule has 1 heterocycles. The third-order valence-electron chi connectivity index (χ3n) is 5.19. The van der Waals surface area contributed by atoms with Crippen LogP contribution in [0.4, 0.5) is 4.39 Å². The van der Waals surface area contributed by atoms with Crippen molar-refractivity contribution in [2.75, 3.05) is 25.3 Å². The molecule has 0 aliphatic rings. The highest BCUT2D eigenvalue weighted by Crippen LogP contribution is 2.34. The summed E-state index contributed by atoms with van der Waals surface area (Å²) in [5, 5.41) is 16.8. The summed E-state index contributed by atoms with van der Waals surface area (Å²) in [5.74, 6) is 1.12. The van der Waals surface area contributed by atoms with Crippen molar-refractivity contribution >= 4 is 35.8 Å². The zero-order valence-corrected chi connectivity index (χ0v) is 21.1. The number of benzene rings is 2. The molecule has 32 heavy (non-hydrogen) atoms. The molecule has 1 aromatic heterocycles. The Labute approximate surface area is 197 Å². The first-order valence-electron chi connectivity index (χ1n) is 10.3. The van der Waals surface area contributed by atoms with Crippen LogP contribution in [0.2, 0.25) is 5.02 Å². The molecule has 0 aliphatic carbocycles. The normalized spacial score (nSPS) is 12.8. The summed E-state index contributed by atoms with van der Waals surface area (Å²) in [6, 6.07) is 10.1. The van der Waals surface area contributed by atoms with Crippen LogP contribution in [0.15, 0.2) is 36.4 Å². The van der Waals surface area contributed by atoms with Crippen LogP contribution < -0.4 is 10.6 Å². The summed E-state index contributed by atoms with van der Waals surface area (Å²) < 4.78 is 29.0. The van der Waals surface area contributed by atoms with Gasteiger partial charge in [-0.3, -0.25) is 5.32 Å². The van der Waals surface area contributed by atoms with Gasteiger partial charge < -0.3 is 4.57 Å². The lowest BCUT2D eigenvalue weighted by atomic mass is 10.0. The summed E-state index contributed by atoms with van der Waals surface area (Å²) in [7, 11) is -2.31. The van der Waals surface area contributed by atoms with Crippen molar-refractivity contribution in [2.45, 2.75) is 32.5 Å². The lowest BCUT2D eigenvalue weighted by Gasteiger charge is -2.20. The first-order valence-corrected chi connectivity index (χ1v) is 14.7. The van der Waals surface area contributed by atoms with Gasteiger partial charge in [0.2, 0.25) is 0 Å². The van der Waals surface area contributed by atoms with Gasteiger partial charge in [-0.05, 0) is 72.4 Å². The van der Waals surface area contributed by atoms with E-state index < -0.39 is 19.0 Å². The largest absolute Gasteiger partial charge is 0.319 e. The molecule has 172 valence electrons. The fraction of sp³-hybridized carbons (Fsp3) is 0.409. The van der Waals surface area contributed by atoms with Gasteiger partial charge in [0.15, 0.2) is 5.82 Å². The molecule has 0 spiro atoms. The molecular weight excluding hydrogens is 468 g/mol. The average molecular weight is 496 g/mol. The Morgan fingerprint density at radius 2 is 1.97 bits per heavy atom. The quantitative estimate of drug-likeness (QED) is 0.326. The summed E-state index contributed by atoms with van der Waals surface area (Å²) in [6.07, 6.45) is 2.96. The molecule has 1 unspecified atom stereocenters. The second-order valence-corrected chi connectivity index (χ2v) is 12.7. The molecule has 0 aliphatic heterocycles. The van der Waals surface area contributed by atoms with Crippen LogP contribution in [0, 0.1) is 12.7 Å². The highest BCUT2D eigenvalue weighted by molar-refractivity contribution is 7.98. The third kappa shape index (κ3) is 6.19. The van der Waals surface area contributed by atoms with E-state index in [1.54, 1.807) is 35.8 Å². The van der Waals surface area contributed by atoms with Crippen LogP contribution in [0.3, 0.4) is 0 Å². The molecule has 0 radical (unpaired) electrons. The first-order chi connectivity index (χ1) is 15.2. The Bertz CT molecular complexity index is 1100. The van der Waals surface area contributed by atoms with Gasteiger partial charge in [-0.2, -0.15) is 11.8 Å². The molecule has 6 nitrogen and oxygen atoms in total. The smallest absolute Gasteiger partial charge is 0.172 e. The molecular formula is C22H28ClFN5OPS. The van der Waals surface area contributed by atoms with Crippen LogP contribution in [-0.4, -0.2) is 45.5 Å². The van der Waals surface area contributed by atoms with Crippen LogP contribution in [-0.2, 0) is 17.7 Å². The van der Waals surface area contributed by atoms with Crippen molar-refractivity contribution in [3.05, 3.63) is 69.8 Å². The monoisotopic (exact) mass is 495 g/mol. The van der Waals surface area contributed by atoms with E-state index in [2.05, 4.69) is 27.1 Å². The Balaban J connectivity index is 1.91. The van der Waals surface area contributed by atoms with Gasteiger partial charge in [-0.1, -0.05) is 35.9 Å². The molecule has 0 saturated carbocycles. The van der Waals surface area contributed by atoms with Crippen LogP contribution in [0.5, 0.6) is 0 Å². The van der Waals surface area contributed by atoms with Gasteiger partial charge in [0.05, 0.1) is 6.04 Å². The number of hydrogen-bond donors (Lipinski definition) is 1. The van der Waals surface area contributed by atoms with Crippen molar-refractivity contribution in [2.24, 2.45) is 0 Å². The number of nitrogens with zero attached hydrogens (tertiary/aromatic N) is 4. The first kappa shape index (κ1) is 24.9. The number of nitrogens with one attached hydrogen (secondary N) is 1. The zero-order chi connectivity index (χ0) is 23.3. The zero-order valence-electron chi connectivity index (χ0n) is 18.7. The van der Waals surface area contributed by atoms with E-state index >= 15 is 0 Å². The third-order valence-corrected chi connectivity index (χ3v) is 7.84. The van der Waals surface area contributed by atoms with E-state index in [0.29, 0.717) is 29.5 Å². The van der Waals surface area contributed by atoms with Gasteiger partial charge >= 0.3 is 0 Å². The van der Waals surface area contributed by atoms with Crippen LogP contribution in [0.25, 0.3) is 0 Å². The van der Waals surface area contributed by atoms with Crippen molar-refractivity contribution in [3.63, 3.8) is 0 Å². The van der Waals surface area contributed by atoms with E-state index in [-0.39, 0.29) is 0 Å². The maximum atomic E-state index is 15.0. The molecule has 0 bridgehead atoms. The summed E-state index contributed by atoms with van der Waals surface area (Å²) >= 11 is 7.88. The van der Waals surface area contributed by atoms with E-state index in [1.807, 2.05) is 31.2 Å². The predicted molar refractivity (Wildman–Crippen MR) is 131 cm³/mol. The lowest BCUT2D eigenvalue weighted by molar-refractivity contribution is 0.484. The molecule has 0 amide bonds. The summed E-state index contributed by atoms with van der Waals surface area (Å²) in [6.45, 7) is 6.45. The van der Waals surface area contributed by atoms with Crippen molar-refractivity contribution < 1.29 is 8.96 Å². The van der Waals surface area contributed by atoms with Gasteiger partial charge in [0, 0.05) is 29.0 Å². The lowest BCUT2D eigenvalue weighted by Crippen LogP contribution is -2.27. The molecule has 1 N–H and O–H groups in total. The SMILES string of the molecule is CSCCCn1nnnc1C(NCc1ccc(P(C)(C)=O)cc1)c1cc(C)c(Cl)cc1F. The topological polar surface area (TPSA) is 72.7 Å². The van der Waals surface area contributed by atoms with Gasteiger partial charge in [-0.15, -0.1) is 5.10 Å². The molecule has 3 aromatic rings. The highest BCUT2D eigenvalue weighted by Gasteiger charge is 2.25. The number of halogens is 2. The van der Waals surface area contributed by atoms with Crippen molar-refractivity contribution in [1.29, 1.82) is 0 Å². The standard InChI is InChI=1S/C22H28ClFN5OPS/c1-15-12-18(20(24)13-19(15)23)21(22-26-27-28-29(22)10-5-11-32-4)25-14-16-6-8-17(9-7-16)31(2,3)30/h6-9,12-13,21,25H,5,10-11,14H2,1-4H3. The number of aryl methyl sites for hydroxylation is 2. The Morgan fingerprint density at radius 1 is 1.25 bits per heavy atom. The Hall–Kier alpha value is -1.73. The van der Waals surface area contributed by atoms with Gasteiger partial charge in [0.25, 0.3) is 0 Å². The number of aromatic nitrogens is 4. The Kier molecular flexibility index (Phi) is 8.50. The molecule has 1 atom stereocenters. The fourth-order valence-corrected chi connectivity index (χ4v) is 4.81. The van der Waals surface area contributed by atoms with E-state index in [0.717, 1.165) is 28.6 Å². The molecule has 2 aromatic carbocycles. The Morgan fingerprint density at radius 3 is 2.62 bits per heavy atom. The highest BCUT2D eigenvalue weighted by atomic mass is 35.5. The maximum absolute atomic E-state index is 15.0. The minimum atomic E-state index is -2.31. The summed E-state index contributed by atoms with van der Waals surface area (Å²) in [5.41, 5.74) is 2.21. The van der Waals surface area contributed by atoms with Gasteiger partial charge in [0.1, 0.15) is 13.0 Å². The number of thioether (sulfide) groups is 1. The minimum absolute atomic E-state index is 0.378. The molecule has 10 heteroatoms. The van der Waals surface area contributed by atoms with Crippen molar-refractivity contribution in [1.82, 2.24) is 25.5 Å². The maximum Gasteiger partial charge on any atom is 0.172 e. The second kappa shape index (κ2) is 10.9. The minimum Gasteiger partial charge on any atom is -0.319 e. The molecule has 0 saturated heterocycles. The predicted octanol–water partition coefficient (Wildman–Crippen LogP) is 4.65. The number of hydrogen-bond acceptors (Lipinski definition) is 6. The second-order valence-electron chi connectivity index (χ2n) is 8.06. The van der Waals surface area contributed by atoms with E-state index in [4.69, 9.17) is 11.6 Å². The van der Waals surface area contributed by atoms with Gasteiger partial charge in [-0.25, -0.2) is 9.07 Å². The van der Waals surface area contributed by atoms with Crippen LogP contribution >= 0.6 is 30.5 Å². The molecule has 3 rings (SSSR count). The van der Waals surface area contributed by atoms with E-state index in [9.17, 15) is 8.96 Å². The van der Waals surface area contributed by atoms with Crippen molar-refractivity contribution in [3.8, 4) is 0 Å². The number of rotatable bonds is 10.